The summed E-state index contributed by atoms with van der Waals surface area (Å²) in [5, 5.41) is 0. The summed E-state index contributed by atoms with van der Waals surface area (Å²) in [6.07, 6.45) is 0.496. The first-order valence-corrected chi connectivity index (χ1v) is 12.6. The smallest absolute Gasteiger partial charge is 0.243 e. The maximum Gasteiger partial charge on any atom is 0.243 e. The van der Waals surface area contributed by atoms with Gasteiger partial charge in [-0.15, -0.1) is 0 Å². The van der Waals surface area contributed by atoms with Crippen LogP contribution in [0.4, 0.5) is 5.69 Å². The molecule has 3 aromatic carbocycles. The second-order valence-corrected chi connectivity index (χ2v) is 10.4. The van der Waals surface area contributed by atoms with E-state index in [1.807, 2.05) is 62.4 Å². The van der Waals surface area contributed by atoms with Crippen LogP contribution in [0.3, 0.4) is 0 Å². The summed E-state index contributed by atoms with van der Waals surface area (Å²) in [6, 6.07) is 20.2. The van der Waals surface area contributed by atoms with Crippen LogP contribution in [0.25, 0.3) is 0 Å². The Labute approximate surface area is 202 Å². The predicted molar refractivity (Wildman–Crippen MR) is 136 cm³/mol. The van der Waals surface area contributed by atoms with Crippen molar-refractivity contribution in [1.29, 1.82) is 0 Å². The van der Waals surface area contributed by atoms with Gasteiger partial charge < -0.3 is 9.64 Å². The highest BCUT2D eigenvalue weighted by atomic mass is 32.2. The Morgan fingerprint density at radius 3 is 2.21 bits per heavy atom. The van der Waals surface area contributed by atoms with Crippen molar-refractivity contribution in [3.8, 4) is 5.75 Å². The molecule has 0 aliphatic carbocycles. The number of sulfonamides is 1. The zero-order valence-corrected chi connectivity index (χ0v) is 21.2. The van der Waals surface area contributed by atoms with Crippen molar-refractivity contribution in [2.45, 2.75) is 32.1 Å². The molecule has 0 fully saturated rings. The van der Waals surface area contributed by atoms with E-state index in [1.54, 1.807) is 33.2 Å². The molecule has 0 spiro atoms. The van der Waals surface area contributed by atoms with Gasteiger partial charge in [0.1, 0.15) is 5.75 Å². The largest absolute Gasteiger partial charge is 0.496 e. The van der Waals surface area contributed by atoms with Crippen molar-refractivity contribution >= 4 is 21.6 Å². The van der Waals surface area contributed by atoms with Crippen LogP contribution in [0.2, 0.25) is 0 Å². The van der Waals surface area contributed by atoms with Crippen LogP contribution >= 0.6 is 0 Å². The Hall–Kier alpha value is -3.16. The number of carbonyl (C=O) groups is 1. The lowest BCUT2D eigenvalue weighted by atomic mass is 10.1. The number of anilines is 1. The zero-order valence-electron chi connectivity index (χ0n) is 20.4. The highest BCUT2D eigenvalue weighted by Gasteiger charge is 2.28. The van der Waals surface area contributed by atoms with Gasteiger partial charge in [-0.25, -0.2) is 8.42 Å². The second-order valence-electron chi connectivity index (χ2n) is 8.43. The molecule has 0 aliphatic rings. The summed E-state index contributed by atoms with van der Waals surface area (Å²) in [5.74, 6) is 0.311. The summed E-state index contributed by atoms with van der Waals surface area (Å²) in [4.78, 5) is 14.9. The van der Waals surface area contributed by atoms with Gasteiger partial charge in [0, 0.05) is 19.3 Å². The van der Waals surface area contributed by atoms with Gasteiger partial charge in [-0.3, -0.25) is 4.79 Å². The number of hydrogen-bond donors (Lipinski definition) is 0. The van der Waals surface area contributed by atoms with Gasteiger partial charge in [0.25, 0.3) is 0 Å². The van der Waals surface area contributed by atoms with Gasteiger partial charge in [0.05, 0.1) is 18.6 Å². The standard InChI is InChI=1S/C27H32N2O4S/c1-20-11-12-24(17-21(20)2)28(4)27(30)19-29(16-15-23-9-7-6-8-10-23)34(31,32)25-13-14-26(33-5)22(3)18-25/h6-14,17-18H,15-16,19H2,1-5H3. The first-order chi connectivity index (χ1) is 16.1. The number of aryl methyl sites for hydroxylation is 3. The van der Waals surface area contributed by atoms with Crippen LogP contribution in [0.1, 0.15) is 22.3 Å². The average molecular weight is 481 g/mol. The van der Waals surface area contributed by atoms with Crippen LogP contribution < -0.4 is 9.64 Å². The van der Waals surface area contributed by atoms with Crippen molar-refractivity contribution in [2.75, 3.05) is 32.1 Å². The lowest BCUT2D eigenvalue weighted by molar-refractivity contribution is -0.118. The number of benzene rings is 3. The molecule has 0 aliphatic heterocycles. The Bertz CT molecular complexity index is 1260. The van der Waals surface area contributed by atoms with E-state index in [2.05, 4.69) is 0 Å². The molecule has 3 rings (SSSR count). The Kier molecular flexibility index (Phi) is 8.12. The van der Waals surface area contributed by atoms with Crippen molar-refractivity contribution in [1.82, 2.24) is 4.31 Å². The Morgan fingerprint density at radius 2 is 1.59 bits per heavy atom. The van der Waals surface area contributed by atoms with Gasteiger partial charge in [-0.2, -0.15) is 4.31 Å². The monoisotopic (exact) mass is 480 g/mol. The number of ether oxygens (including phenoxy) is 1. The molecule has 0 atom stereocenters. The fourth-order valence-electron chi connectivity index (χ4n) is 3.68. The molecule has 1 amide bonds. The number of rotatable bonds is 9. The third-order valence-electron chi connectivity index (χ3n) is 6.06. The maximum absolute atomic E-state index is 13.6. The number of methoxy groups -OCH3 is 1. The normalized spacial score (nSPS) is 11.5. The van der Waals surface area contributed by atoms with E-state index in [4.69, 9.17) is 4.74 Å². The molecule has 0 N–H and O–H groups in total. The van der Waals surface area contributed by atoms with Crippen LogP contribution in [0.15, 0.2) is 71.6 Å². The quantitative estimate of drug-likeness (QED) is 0.452. The third-order valence-corrected chi connectivity index (χ3v) is 7.90. The average Bonchev–Trinajstić information content (AvgIpc) is 2.83. The number of carbonyl (C=O) groups excluding carboxylic acids is 1. The summed E-state index contributed by atoms with van der Waals surface area (Å²) in [5.41, 5.74) is 4.65. The molecule has 0 radical (unpaired) electrons. The number of likely N-dealkylation sites (N-methyl/N-ethyl adjacent to an activating group) is 1. The third kappa shape index (κ3) is 5.85. The van der Waals surface area contributed by atoms with Crippen molar-refractivity contribution in [3.63, 3.8) is 0 Å². The summed E-state index contributed by atoms with van der Waals surface area (Å²) >= 11 is 0. The fourth-order valence-corrected chi connectivity index (χ4v) is 5.15. The first-order valence-electron chi connectivity index (χ1n) is 11.2. The van der Waals surface area contributed by atoms with E-state index in [1.165, 1.54) is 15.3 Å². The van der Waals surface area contributed by atoms with Crippen molar-refractivity contribution in [2.24, 2.45) is 0 Å². The van der Waals surface area contributed by atoms with Crippen LogP contribution in [0.5, 0.6) is 5.75 Å². The van der Waals surface area contributed by atoms with Crippen LogP contribution in [0, 0.1) is 20.8 Å². The molecule has 3 aromatic rings. The molecule has 0 unspecified atom stereocenters. The molecular formula is C27H32N2O4S. The van der Waals surface area contributed by atoms with E-state index in [9.17, 15) is 13.2 Å². The van der Waals surface area contributed by atoms with E-state index < -0.39 is 10.0 Å². The van der Waals surface area contributed by atoms with Gasteiger partial charge >= 0.3 is 0 Å². The fraction of sp³-hybridized carbons (Fsp3) is 0.296. The predicted octanol–water partition coefficient (Wildman–Crippen LogP) is 4.52. The van der Waals surface area contributed by atoms with Gasteiger partial charge in [0.2, 0.25) is 15.9 Å². The van der Waals surface area contributed by atoms with Gasteiger partial charge in [-0.05, 0) is 79.8 Å². The lowest BCUT2D eigenvalue weighted by Crippen LogP contribution is -2.42. The number of amides is 1. The van der Waals surface area contributed by atoms with E-state index in [-0.39, 0.29) is 23.9 Å². The zero-order chi connectivity index (χ0) is 24.9. The SMILES string of the molecule is COc1ccc(S(=O)(=O)N(CCc2ccccc2)CC(=O)N(C)c2ccc(C)c(C)c2)cc1C. The topological polar surface area (TPSA) is 66.9 Å². The molecule has 0 aromatic heterocycles. The molecule has 0 saturated carbocycles. The Balaban J connectivity index is 1.90. The van der Waals surface area contributed by atoms with Gasteiger partial charge in [-0.1, -0.05) is 36.4 Å². The first kappa shape index (κ1) is 25.5. The molecule has 0 heterocycles. The van der Waals surface area contributed by atoms with E-state index >= 15 is 0 Å². The van der Waals surface area contributed by atoms with Crippen molar-refractivity contribution in [3.05, 3.63) is 89.0 Å². The minimum absolute atomic E-state index is 0.139. The molecule has 0 saturated heterocycles. The van der Waals surface area contributed by atoms with E-state index in [0.29, 0.717) is 17.7 Å². The summed E-state index contributed by atoms with van der Waals surface area (Å²) in [7, 11) is -0.696. The highest BCUT2D eigenvalue weighted by molar-refractivity contribution is 7.89. The minimum atomic E-state index is -3.91. The maximum atomic E-state index is 13.6. The van der Waals surface area contributed by atoms with Crippen LogP contribution in [-0.2, 0) is 21.2 Å². The van der Waals surface area contributed by atoms with E-state index in [0.717, 1.165) is 22.4 Å². The summed E-state index contributed by atoms with van der Waals surface area (Å²) < 4.78 is 33.8. The molecule has 0 bridgehead atoms. The second kappa shape index (κ2) is 10.8. The van der Waals surface area contributed by atoms with Crippen LogP contribution in [-0.4, -0.2) is 45.9 Å². The molecule has 7 heteroatoms. The highest BCUT2D eigenvalue weighted by Crippen LogP contribution is 2.25. The number of nitrogens with zero attached hydrogens (tertiary/aromatic N) is 2. The van der Waals surface area contributed by atoms with Crippen molar-refractivity contribution < 1.29 is 17.9 Å². The summed E-state index contributed by atoms with van der Waals surface area (Å²) in [6.45, 7) is 5.72. The molecule has 34 heavy (non-hydrogen) atoms. The van der Waals surface area contributed by atoms with Gasteiger partial charge in [0.15, 0.2) is 0 Å². The number of hydrogen-bond acceptors (Lipinski definition) is 4. The minimum Gasteiger partial charge on any atom is -0.496 e. The molecule has 180 valence electrons. The lowest BCUT2D eigenvalue weighted by Gasteiger charge is -2.25. The Morgan fingerprint density at radius 1 is 0.882 bits per heavy atom. The molecular weight excluding hydrogens is 448 g/mol. The molecule has 6 nitrogen and oxygen atoms in total.